The normalized spacial score (nSPS) is 14.2. The monoisotopic (exact) mass is 298 g/mol. The Morgan fingerprint density at radius 2 is 1.95 bits per heavy atom. The summed E-state index contributed by atoms with van der Waals surface area (Å²) >= 11 is 0. The molecule has 5 heteroatoms. The first-order valence-electron chi connectivity index (χ1n) is 7.07. The maximum Gasteiger partial charge on any atom is 0.240 e. The SMILES string of the molecule is CCC(N)c1cccc(S(=O)(=O)NCC(C)(C)CC)c1. The highest BCUT2D eigenvalue weighted by Gasteiger charge is 2.21. The Hall–Kier alpha value is -0.910. The van der Waals surface area contributed by atoms with Crippen LogP contribution in [0, 0.1) is 5.41 Å². The molecule has 0 fully saturated rings. The quantitative estimate of drug-likeness (QED) is 0.813. The molecule has 0 spiro atoms. The van der Waals surface area contributed by atoms with Gasteiger partial charge < -0.3 is 5.73 Å². The minimum Gasteiger partial charge on any atom is -0.324 e. The van der Waals surface area contributed by atoms with E-state index in [-0.39, 0.29) is 16.4 Å². The molecule has 0 bridgehead atoms. The first kappa shape index (κ1) is 17.1. The number of hydrogen-bond donors (Lipinski definition) is 2. The van der Waals surface area contributed by atoms with Crippen molar-refractivity contribution in [1.82, 2.24) is 4.72 Å². The lowest BCUT2D eigenvalue weighted by molar-refractivity contribution is 0.350. The van der Waals surface area contributed by atoms with Crippen molar-refractivity contribution in [3.63, 3.8) is 0 Å². The van der Waals surface area contributed by atoms with Crippen molar-refractivity contribution >= 4 is 10.0 Å². The molecule has 1 aromatic carbocycles. The molecule has 0 heterocycles. The fourth-order valence-corrected chi connectivity index (χ4v) is 2.94. The largest absolute Gasteiger partial charge is 0.324 e. The predicted molar refractivity (Wildman–Crippen MR) is 82.9 cm³/mol. The molecule has 1 atom stereocenters. The molecule has 0 saturated carbocycles. The third-order valence-electron chi connectivity index (χ3n) is 3.73. The Morgan fingerprint density at radius 3 is 2.50 bits per heavy atom. The molecule has 1 rings (SSSR count). The summed E-state index contributed by atoms with van der Waals surface area (Å²) < 4.78 is 27.3. The number of sulfonamides is 1. The zero-order valence-corrected chi connectivity index (χ0v) is 13.6. The van der Waals surface area contributed by atoms with Gasteiger partial charge in [-0.25, -0.2) is 13.1 Å². The van der Waals surface area contributed by atoms with E-state index in [0.717, 1.165) is 18.4 Å². The summed E-state index contributed by atoms with van der Waals surface area (Å²) in [5.74, 6) is 0. The maximum absolute atomic E-state index is 12.3. The van der Waals surface area contributed by atoms with Crippen LogP contribution in [0.5, 0.6) is 0 Å². The second kappa shape index (κ2) is 6.70. The zero-order chi connectivity index (χ0) is 15.4. The lowest BCUT2D eigenvalue weighted by Crippen LogP contribution is -2.33. The van der Waals surface area contributed by atoms with Crippen LogP contribution in [0.15, 0.2) is 29.2 Å². The molecule has 0 radical (unpaired) electrons. The molecule has 1 aromatic rings. The molecule has 3 N–H and O–H groups in total. The van der Waals surface area contributed by atoms with Crippen molar-refractivity contribution in [2.45, 2.75) is 51.5 Å². The van der Waals surface area contributed by atoms with Gasteiger partial charge in [-0.1, -0.05) is 39.8 Å². The van der Waals surface area contributed by atoms with Crippen LogP contribution in [0.3, 0.4) is 0 Å². The Balaban J connectivity index is 2.93. The van der Waals surface area contributed by atoms with Gasteiger partial charge in [-0.2, -0.15) is 0 Å². The smallest absolute Gasteiger partial charge is 0.240 e. The topological polar surface area (TPSA) is 72.2 Å². The lowest BCUT2D eigenvalue weighted by atomic mass is 9.91. The van der Waals surface area contributed by atoms with Crippen molar-refractivity contribution < 1.29 is 8.42 Å². The van der Waals surface area contributed by atoms with Crippen molar-refractivity contribution in [3.05, 3.63) is 29.8 Å². The van der Waals surface area contributed by atoms with Crippen molar-refractivity contribution in [2.24, 2.45) is 11.1 Å². The van der Waals surface area contributed by atoms with Crippen LogP contribution in [0.1, 0.15) is 52.1 Å². The van der Waals surface area contributed by atoms with Gasteiger partial charge in [-0.15, -0.1) is 0 Å². The van der Waals surface area contributed by atoms with Gasteiger partial charge in [-0.05, 0) is 36.0 Å². The van der Waals surface area contributed by atoms with Crippen molar-refractivity contribution in [1.29, 1.82) is 0 Å². The van der Waals surface area contributed by atoms with Crippen LogP contribution in [-0.4, -0.2) is 15.0 Å². The molecule has 0 aromatic heterocycles. The molecule has 0 aliphatic rings. The molecule has 0 amide bonds. The van der Waals surface area contributed by atoms with Gasteiger partial charge in [0.15, 0.2) is 0 Å². The molecule has 0 aliphatic heterocycles. The van der Waals surface area contributed by atoms with Gasteiger partial charge >= 0.3 is 0 Å². The van der Waals surface area contributed by atoms with E-state index in [4.69, 9.17) is 5.73 Å². The van der Waals surface area contributed by atoms with Gasteiger partial charge in [0.25, 0.3) is 0 Å². The summed E-state index contributed by atoms with van der Waals surface area (Å²) in [5, 5.41) is 0. The highest BCUT2D eigenvalue weighted by molar-refractivity contribution is 7.89. The van der Waals surface area contributed by atoms with E-state index in [2.05, 4.69) is 11.6 Å². The third-order valence-corrected chi connectivity index (χ3v) is 5.13. The Morgan fingerprint density at radius 1 is 1.30 bits per heavy atom. The average molecular weight is 298 g/mol. The molecule has 4 nitrogen and oxygen atoms in total. The van der Waals surface area contributed by atoms with Crippen LogP contribution in [0.4, 0.5) is 0 Å². The van der Waals surface area contributed by atoms with E-state index < -0.39 is 10.0 Å². The van der Waals surface area contributed by atoms with Gasteiger partial charge in [0.1, 0.15) is 0 Å². The number of hydrogen-bond acceptors (Lipinski definition) is 3. The Bertz CT molecular complexity index is 539. The standard InChI is InChI=1S/C15H26N2O2S/c1-5-14(16)12-8-7-9-13(10-12)20(18,19)17-11-15(3,4)6-2/h7-10,14,17H,5-6,11,16H2,1-4H3. The maximum atomic E-state index is 12.3. The van der Waals surface area contributed by atoms with E-state index >= 15 is 0 Å². The summed E-state index contributed by atoms with van der Waals surface area (Å²) in [4.78, 5) is 0.283. The fourth-order valence-electron chi connectivity index (χ4n) is 1.65. The second-order valence-corrected chi connectivity index (χ2v) is 7.70. The Kier molecular flexibility index (Phi) is 5.74. The molecule has 20 heavy (non-hydrogen) atoms. The highest BCUT2D eigenvalue weighted by atomic mass is 32.2. The van der Waals surface area contributed by atoms with Gasteiger partial charge in [0.2, 0.25) is 10.0 Å². The minimum atomic E-state index is -3.47. The summed E-state index contributed by atoms with van der Waals surface area (Å²) in [6.45, 7) is 8.54. The van der Waals surface area contributed by atoms with Gasteiger partial charge in [-0.3, -0.25) is 0 Å². The number of benzene rings is 1. The van der Waals surface area contributed by atoms with Gasteiger partial charge in [0, 0.05) is 12.6 Å². The van der Waals surface area contributed by atoms with Crippen molar-refractivity contribution in [2.75, 3.05) is 6.54 Å². The summed E-state index contributed by atoms with van der Waals surface area (Å²) in [7, 11) is -3.47. The molecular formula is C15H26N2O2S. The summed E-state index contributed by atoms with van der Waals surface area (Å²) in [6.07, 6.45) is 1.69. The Labute approximate surface area is 122 Å². The molecule has 0 saturated heterocycles. The van der Waals surface area contributed by atoms with Crippen LogP contribution in [0.25, 0.3) is 0 Å². The first-order chi connectivity index (χ1) is 9.22. The van der Waals surface area contributed by atoms with E-state index in [0.29, 0.717) is 6.54 Å². The number of nitrogens with one attached hydrogen (secondary N) is 1. The molecular weight excluding hydrogens is 272 g/mol. The fraction of sp³-hybridized carbons (Fsp3) is 0.600. The van der Waals surface area contributed by atoms with E-state index in [1.807, 2.05) is 26.8 Å². The predicted octanol–water partition coefficient (Wildman–Crippen LogP) is 2.81. The average Bonchev–Trinajstić information content (AvgIpc) is 2.45. The third kappa shape index (κ3) is 4.58. The van der Waals surface area contributed by atoms with Crippen molar-refractivity contribution in [3.8, 4) is 0 Å². The minimum absolute atomic E-state index is 0.0511. The number of rotatable bonds is 7. The zero-order valence-electron chi connectivity index (χ0n) is 12.8. The van der Waals surface area contributed by atoms with E-state index in [1.54, 1.807) is 18.2 Å². The second-order valence-electron chi connectivity index (χ2n) is 5.93. The van der Waals surface area contributed by atoms with E-state index in [1.165, 1.54) is 0 Å². The highest BCUT2D eigenvalue weighted by Crippen LogP contribution is 2.21. The molecule has 1 unspecified atom stereocenters. The van der Waals surface area contributed by atoms with E-state index in [9.17, 15) is 8.42 Å². The number of nitrogens with two attached hydrogens (primary N) is 1. The summed E-state index contributed by atoms with van der Waals surface area (Å²) in [6, 6.07) is 6.74. The first-order valence-corrected chi connectivity index (χ1v) is 8.55. The van der Waals surface area contributed by atoms with Crippen LogP contribution in [0.2, 0.25) is 0 Å². The summed E-state index contributed by atoms with van der Waals surface area (Å²) in [5.41, 5.74) is 6.76. The van der Waals surface area contributed by atoms with Gasteiger partial charge in [0.05, 0.1) is 4.90 Å². The van der Waals surface area contributed by atoms with Crippen LogP contribution < -0.4 is 10.5 Å². The van der Waals surface area contributed by atoms with Crippen LogP contribution in [-0.2, 0) is 10.0 Å². The lowest BCUT2D eigenvalue weighted by Gasteiger charge is -2.23. The molecule has 114 valence electrons. The van der Waals surface area contributed by atoms with Crippen LogP contribution >= 0.6 is 0 Å². The molecule has 0 aliphatic carbocycles.